The Balaban J connectivity index is 2.09. The molecule has 3 aromatic rings. The predicted molar refractivity (Wildman–Crippen MR) is 124 cm³/mol. The van der Waals surface area contributed by atoms with Crippen molar-refractivity contribution in [3.8, 4) is 5.75 Å². The summed E-state index contributed by atoms with van der Waals surface area (Å²) in [5, 5.41) is 4.98. The fourth-order valence-electron chi connectivity index (χ4n) is 2.76. The summed E-state index contributed by atoms with van der Waals surface area (Å²) in [5.41, 5.74) is 1.32. The van der Waals surface area contributed by atoms with E-state index in [1.165, 1.54) is 4.68 Å². The maximum atomic E-state index is 13.0. The second-order valence-corrected chi connectivity index (χ2v) is 8.67. The highest BCUT2D eigenvalue weighted by atomic mass is 79.9. The highest BCUT2D eigenvalue weighted by molar-refractivity contribution is 9.11. The first-order valence-electron chi connectivity index (χ1n) is 8.82. The monoisotopic (exact) mass is 569 g/mol. The van der Waals surface area contributed by atoms with E-state index in [4.69, 9.17) is 4.74 Å². The van der Waals surface area contributed by atoms with Gasteiger partial charge in [-0.25, -0.2) is 4.98 Å². The molecule has 0 saturated carbocycles. The van der Waals surface area contributed by atoms with Gasteiger partial charge in [-0.15, -0.1) is 0 Å². The maximum Gasteiger partial charge on any atom is 0.282 e. The molecule has 146 valence electrons. The van der Waals surface area contributed by atoms with Crippen LogP contribution in [-0.2, 0) is 6.42 Å². The predicted octanol–water partition coefficient (Wildman–Crippen LogP) is 5.92. The second-order valence-electron chi connectivity index (χ2n) is 6.05. The van der Waals surface area contributed by atoms with Crippen LogP contribution in [0, 0.1) is 0 Å². The molecule has 0 atom stereocenters. The molecule has 0 N–H and O–H groups in total. The van der Waals surface area contributed by atoms with E-state index in [0.717, 1.165) is 31.2 Å². The Morgan fingerprint density at radius 2 is 1.86 bits per heavy atom. The molecule has 0 fully saturated rings. The summed E-state index contributed by atoms with van der Waals surface area (Å²) in [6, 6.07) is 9.29. The fourth-order valence-corrected chi connectivity index (χ4v) is 4.57. The number of halogens is 3. The van der Waals surface area contributed by atoms with Crippen LogP contribution < -0.4 is 10.3 Å². The van der Waals surface area contributed by atoms with Gasteiger partial charge in [0.05, 0.1) is 32.7 Å². The van der Waals surface area contributed by atoms with Crippen molar-refractivity contribution in [1.29, 1.82) is 0 Å². The van der Waals surface area contributed by atoms with Crippen molar-refractivity contribution in [3.05, 3.63) is 65.5 Å². The summed E-state index contributed by atoms with van der Waals surface area (Å²) in [6.45, 7) is 4.55. The number of hydrogen-bond acceptors (Lipinski definition) is 4. The molecule has 5 nitrogen and oxygen atoms in total. The Morgan fingerprint density at radius 1 is 1.14 bits per heavy atom. The number of aromatic nitrogens is 2. The van der Waals surface area contributed by atoms with E-state index in [2.05, 4.69) is 57.9 Å². The lowest BCUT2D eigenvalue weighted by molar-refractivity contribution is 0.336. The Morgan fingerprint density at radius 3 is 2.50 bits per heavy atom. The Kier molecular flexibility index (Phi) is 7.06. The number of ether oxygens (including phenoxy) is 1. The van der Waals surface area contributed by atoms with Crippen LogP contribution in [-0.4, -0.2) is 22.5 Å². The van der Waals surface area contributed by atoms with Crippen molar-refractivity contribution in [3.63, 3.8) is 0 Å². The van der Waals surface area contributed by atoms with Crippen molar-refractivity contribution in [2.75, 3.05) is 6.61 Å². The molecule has 0 unspecified atom stereocenters. The van der Waals surface area contributed by atoms with E-state index >= 15 is 0 Å². The van der Waals surface area contributed by atoms with E-state index < -0.39 is 0 Å². The van der Waals surface area contributed by atoms with E-state index in [-0.39, 0.29) is 5.56 Å². The minimum atomic E-state index is -0.185. The molecule has 0 saturated heterocycles. The van der Waals surface area contributed by atoms with E-state index in [1.807, 2.05) is 38.1 Å². The second kappa shape index (κ2) is 9.33. The molecule has 0 spiro atoms. The minimum Gasteiger partial charge on any atom is -0.492 e. The first-order valence-corrected chi connectivity index (χ1v) is 11.2. The smallest absolute Gasteiger partial charge is 0.282 e. The van der Waals surface area contributed by atoms with Crippen LogP contribution in [0.25, 0.3) is 10.9 Å². The van der Waals surface area contributed by atoms with E-state index in [1.54, 1.807) is 12.3 Å². The summed E-state index contributed by atoms with van der Waals surface area (Å²) in [6.07, 6.45) is 3.18. The van der Waals surface area contributed by atoms with Crippen LogP contribution in [0.1, 0.15) is 31.7 Å². The third kappa shape index (κ3) is 4.55. The van der Waals surface area contributed by atoms with E-state index in [9.17, 15) is 4.79 Å². The summed E-state index contributed by atoms with van der Waals surface area (Å²) < 4.78 is 9.45. The Hall–Kier alpha value is -1.51. The van der Waals surface area contributed by atoms with Crippen molar-refractivity contribution < 1.29 is 4.74 Å². The number of nitrogens with zero attached hydrogens (tertiary/aromatic N) is 3. The molecule has 0 aliphatic rings. The third-order valence-electron chi connectivity index (χ3n) is 3.98. The average molecular weight is 572 g/mol. The normalized spacial score (nSPS) is 11.5. The third-order valence-corrected chi connectivity index (χ3v) is 5.65. The molecule has 1 aromatic heterocycles. The SMILES string of the molecule is CCCc1nc2ccc(Br)cc2c(=O)n1N=Cc1cc(Br)c(OCC)c(Br)c1. The Labute approximate surface area is 188 Å². The topological polar surface area (TPSA) is 56.5 Å². The molecule has 0 radical (unpaired) electrons. The molecule has 0 amide bonds. The van der Waals surface area contributed by atoms with Crippen LogP contribution in [0.15, 0.2) is 53.6 Å². The van der Waals surface area contributed by atoms with Gasteiger partial charge >= 0.3 is 0 Å². The van der Waals surface area contributed by atoms with Crippen LogP contribution in [0.5, 0.6) is 5.75 Å². The molecule has 8 heteroatoms. The number of benzene rings is 2. The highest BCUT2D eigenvalue weighted by Gasteiger charge is 2.11. The van der Waals surface area contributed by atoms with Gasteiger partial charge in [-0.1, -0.05) is 22.9 Å². The van der Waals surface area contributed by atoms with Crippen molar-refractivity contribution >= 4 is 64.9 Å². The molecular weight excluding hydrogens is 554 g/mol. The van der Waals surface area contributed by atoms with Gasteiger partial charge in [0, 0.05) is 10.9 Å². The first kappa shape index (κ1) is 21.2. The van der Waals surface area contributed by atoms with Crippen LogP contribution >= 0.6 is 47.8 Å². The zero-order chi connectivity index (χ0) is 20.3. The standard InChI is InChI=1S/C20H18Br3N3O2/c1-3-5-18-25-17-7-6-13(21)10-14(17)20(27)26(18)24-11-12-8-15(22)19(28-4-2)16(23)9-12/h6-11H,3-5H2,1-2H3. The van der Waals surface area contributed by atoms with Gasteiger partial charge < -0.3 is 4.74 Å². The maximum absolute atomic E-state index is 13.0. The number of fused-ring (bicyclic) bond motifs is 1. The van der Waals surface area contributed by atoms with Crippen LogP contribution in [0.3, 0.4) is 0 Å². The lowest BCUT2D eigenvalue weighted by Gasteiger charge is -2.10. The van der Waals surface area contributed by atoms with Crippen LogP contribution in [0.4, 0.5) is 0 Å². The zero-order valence-electron chi connectivity index (χ0n) is 15.4. The lowest BCUT2D eigenvalue weighted by atomic mass is 10.2. The van der Waals surface area contributed by atoms with Gasteiger partial charge in [0.2, 0.25) is 0 Å². The van der Waals surface area contributed by atoms with Gasteiger partial charge in [0.1, 0.15) is 11.6 Å². The van der Waals surface area contributed by atoms with Gasteiger partial charge in [-0.05, 0) is 81.1 Å². The molecule has 3 rings (SSSR count). The minimum absolute atomic E-state index is 0.185. The highest BCUT2D eigenvalue weighted by Crippen LogP contribution is 2.34. The summed E-state index contributed by atoms with van der Waals surface area (Å²) in [4.78, 5) is 17.7. The van der Waals surface area contributed by atoms with Crippen molar-refractivity contribution in [2.45, 2.75) is 26.7 Å². The summed E-state index contributed by atoms with van der Waals surface area (Å²) in [5.74, 6) is 1.38. The number of rotatable bonds is 6. The Bertz CT molecular complexity index is 1090. The van der Waals surface area contributed by atoms with E-state index in [0.29, 0.717) is 29.8 Å². The number of hydrogen-bond donors (Lipinski definition) is 0. The average Bonchev–Trinajstić information content (AvgIpc) is 2.65. The molecule has 0 aliphatic carbocycles. The van der Waals surface area contributed by atoms with Gasteiger partial charge in [-0.3, -0.25) is 4.79 Å². The molecule has 1 heterocycles. The van der Waals surface area contributed by atoms with Crippen LogP contribution in [0.2, 0.25) is 0 Å². The summed E-state index contributed by atoms with van der Waals surface area (Å²) in [7, 11) is 0. The zero-order valence-corrected chi connectivity index (χ0v) is 20.1. The van der Waals surface area contributed by atoms with Crippen molar-refractivity contribution in [1.82, 2.24) is 9.66 Å². The molecule has 0 aliphatic heterocycles. The number of aryl methyl sites for hydroxylation is 1. The molecular formula is C20H18Br3N3O2. The molecule has 0 bridgehead atoms. The molecule has 2 aromatic carbocycles. The molecule has 28 heavy (non-hydrogen) atoms. The fraction of sp³-hybridized carbons (Fsp3) is 0.250. The quantitative estimate of drug-likeness (QED) is 0.345. The van der Waals surface area contributed by atoms with Gasteiger partial charge in [-0.2, -0.15) is 9.78 Å². The van der Waals surface area contributed by atoms with Gasteiger partial charge in [0.25, 0.3) is 5.56 Å². The lowest BCUT2D eigenvalue weighted by Crippen LogP contribution is -2.22. The largest absolute Gasteiger partial charge is 0.492 e. The van der Waals surface area contributed by atoms with Gasteiger partial charge in [0.15, 0.2) is 0 Å². The first-order chi connectivity index (χ1) is 13.4. The summed E-state index contributed by atoms with van der Waals surface area (Å²) >= 11 is 10.4. The van der Waals surface area contributed by atoms with Crippen molar-refractivity contribution in [2.24, 2.45) is 5.10 Å².